The summed E-state index contributed by atoms with van der Waals surface area (Å²) >= 11 is 0. The Morgan fingerprint density at radius 3 is 2.56 bits per heavy atom. The Hall–Kier alpha value is -4.18. The molecule has 0 fully saturated rings. The molecule has 1 amide bonds. The number of benzene rings is 2. The molecular formula is C25H23N5O2. The maximum absolute atomic E-state index is 12.4. The fourth-order valence-electron chi connectivity index (χ4n) is 3.82. The highest BCUT2D eigenvalue weighted by Gasteiger charge is 2.13. The van der Waals surface area contributed by atoms with E-state index in [2.05, 4.69) is 20.3 Å². The standard InChI is InChI=1S/C25H23N5O2/c1-15-19(16(2)28-25(32)20(15)13-26)11-12-23(31)27-14-17-7-9-18(10-8-17)24-29-21-5-3-4-6-22(21)30-24/h3-10H,11-12,14H2,1-2H3,(H,27,31)(H,28,32)(H,29,30). The first-order chi connectivity index (χ1) is 15.5. The Morgan fingerprint density at radius 1 is 1.09 bits per heavy atom. The van der Waals surface area contributed by atoms with E-state index in [9.17, 15) is 14.9 Å². The number of hydrogen-bond acceptors (Lipinski definition) is 4. The summed E-state index contributed by atoms with van der Waals surface area (Å²) in [5.74, 6) is 0.722. The molecule has 0 aliphatic heterocycles. The molecule has 0 spiro atoms. The van der Waals surface area contributed by atoms with Crippen molar-refractivity contribution in [2.24, 2.45) is 0 Å². The van der Waals surface area contributed by atoms with Crippen molar-refractivity contribution in [1.29, 1.82) is 5.26 Å². The number of imidazole rings is 1. The van der Waals surface area contributed by atoms with E-state index in [4.69, 9.17) is 0 Å². The molecule has 0 radical (unpaired) electrons. The Balaban J connectivity index is 1.36. The fraction of sp³-hybridized carbons (Fsp3) is 0.200. The second kappa shape index (κ2) is 8.90. The summed E-state index contributed by atoms with van der Waals surface area (Å²) in [6, 6.07) is 17.7. The molecule has 3 N–H and O–H groups in total. The summed E-state index contributed by atoms with van der Waals surface area (Å²) < 4.78 is 0. The number of amides is 1. The van der Waals surface area contributed by atoms with Gasteiger partial charge in [-0.1, -0.05) is 36.4 Å². The molecule has 0 aliphatic rings. The average molecular weight is 425 g/mol. The lowest BCUT2D eigenvalue weighted by Crippen LogP contribution is -2.24. The predicted octanol–water partition coefficient (Wildman–Crippen LogP) is 3.66. The third-order valence-corrected chi connectivity index (χ3v) is 5.63. The molecule has 0 aliphatic carbocycles. The largest absolute Gasteiger partial charge is 0.352 e. The molecule has 0 unspecified atom stereocenters. The lowest BCUT2D eigenvalue weighted by Gasteiger charge is -2.11. The minimum Gasteiger partial charge on any atom is -0.352 e. The van der Waals surface area contributed by atoms with Crippen LogP contribution >= 0.6 is 0 Å². The van der Waals surface area contributed by atoms with Crippen LogP contribution in [0.2, 0.25) is 0 Å². The number of rotatable bonds is 6. The van der Waals surface area contributed by atoms with Crippen molar-refractivity contribution in [2.75, 3.05) is 0 Å². The number of fused-ring (bicyclic) bond motifs is 1. The maximum atomic E-state index is 12.4. The first-order valence-electron chi connectivity index (χ1n) is 10.4. The number of nitrogens with zero attached hydrogens (tertiary/aromatic N) is 2. The highest BCUT2D eigenvalue weighted by atomic mass is 16.1. The van der Waals surface area contributed by atoms with Gasteiger partial charge in [0.1, 0.15) is 17.5 Å². The van der Waals surface area contributed by atoms with E-state index in [-0.39, 0.29) is 23.5 Å². The lowest BCUT2D eigenvalue weighted by molar-refractivity contribution is -0.121. The minimum atomic E-state index is -0.387. The number of nitrogens with one attached hydrogen (secondary N) is 3. The average Bonchev–Trinajstić information content (AvgIpc) is 3.22. The lowest BCUT2D eigenvalue weighted by atomic mass is 9.99. The number of pyridine rings is 1. The Labute approximate surface area is 185 Å². The van der Waals surface area contributed by atoms with Crippen LogP contribution in [0.25, 0.3) is 22.4 Å². The van der Waals surface area contributed by atoms with Crippen LogP contribution in [0, 0.1) is 25.2 Å². The quantitative estimate of drug-likeness (QED) is 0.437. The first-order valence-corrected chi connectivity index (χ1v) is 10.4. The molecule has 4 rings (SSSR count). The Morgan fingerprint density at radius 2 is 1.84 bits per heavy atom. The van der Waals surface area contributed by atoms with Crippen LogP contribution in [0.1, 0.15) is 34.4 Å². The zero-order valence-electron chi connectivity index (χ0n) is 18.0. The van der Waals surface area contributed by atoms with Crippen LogP contribution in [0.5, 0.6) is 0 Å². The predicted molar refractivity (Wildman–Crippen MR) is 123 cm³/mol. The van der Waals surface area contributed by atoms with Crippen LogP contribution in [-0.2, 0) is 17.8 Å². The van der Waals surface area contributed by atoms with Crippen molar-refractivity contribution < 1.29 is 4.79 Å². The molecule has 2 aromatic heterocycles. The van der Waals surface area contributed by atoms with Crippen LogP contribution in [0.4, 0.5) is 0 Å². The van der Waals surface area contributed by atoms with Crippen molar-refractivity contribution in [1.82, 2.24) is 20.3 Å². The number of aromatic amines is 2. The highest BCUT2D eigenvalue weighted by Crippen LogP contribution is 2.21. The van der Waals surface area contributed by atoms with Gasteiger partial charge in [0.05, 0.1) is 11.0 Å². The molecule has 0 atom stereocenters. The van der Waals surface area contributed by atoms with E-state index in [1.807, 2.05) is 54.6 Å². The number of carbonyl (C=O) groups is 1. The van der Waals surface area contributed by atoms with Gasteiger partial charge in [0.15, 0.2) is 0 Å². The van der Waals surface area contributed by atoms with Crippen LogP contribution in [-0.4, -0.2) is 20.9 Å². The van der Waals surface area contributed by atoms with E-state index in [0.29, 0.717) is 24.2 Å². The number of hydrogen-bond donors (Lipinski definition) is 3. The van der Waals surface area contributed by atoms with Gasteiger partial charge in [0, 0.05) is 24.2 Å². The second-order valence-corrected chi connectivity index (χ2v) is 7.75. The minimum absolute atomic E-state index is 0.0881. The van der Waals surface area contributed by atoms with Crippen molar-refractivity contribution in [3.05, 3.63) is 86.8 Å². The Bertz CT molecular complexity index is 1360. The SMILES string of the molecule is Cc1[nH]c(=O)c(C#N)c(C)c1CCC(=O)NCc1ccc(-c2nc3ccccc3[nH]2)cc1. The number of aryl methyl sites for hydroxylation is 1. The molecule has 32 heavy (non-hydrogen) atoms. The van der Waals surface area contributed by atoms with Gasteiger partial charge in [-0.25, -0.2) is 4.98 Å². The summed E-state index contributed by atoms with van der Waals surface area (Å²) in [5, 5.41) is 12.1. The maximum Gasteiger partial charge on any atom is 0.266 e. The molecule has 4 aromatic rings. The zero-order chi connectivity index (χ0) is 22.7. The molecular weight excluding hydrogens is 402 g/mol. The van der Waals surface area contributed by atoms with E-state index in [1.54, 1.807) is 13.8 Å². The number of nitriles is 1. The van der Waals surface area contributed by atoms with E-state index >= 15 is 0 Å². The van der Waals surface area contributed by atoms with Gasteiger partial charge in [-0.15, -0.1) is 0 Å². The third kappa shape index (κ3) is 4.30. The van der Waals surface area contributed by atoms with Crippen LogP contribution in [0.3, 0.4) is 0 Å². The highest BCUT2D eigenvalue weighted by molar-refractivity contribution is 5.79. The summed E-state index contributed by atoms with van der Waals surface area (Å²) in [6.45, 7) is 3.95. The fourth-order valence-corrected chi connectivity index (χ4v) is 3.82. The van der Waals surface area contributed by atoms with Crippen LogP contribution in [0.15, 0.2) is 53.3 Å². The van der Waals surface area contributed by atoms with Crippen molar-refractivity contribution in [3.63, 3.8) is 0 Å². The normalized spacial score (nSPS) is 10.8. The summed E-state index contributed by atoms with van der Waals surface area (Å²) in [5.41, 5.74) is 5.78. The molecule has 0 saturated heterocycles. The molecule has 2 heterocycles. The number of aromatic nitrogens is 3. The second-order valence-electron chi connectivity index (χ2n) is 7.75. The zero-order valence-corrected chi connectivity index (χ0v) is 18.0. The summed E-state index contributed by atoms with van der Waals surface area (Å²) in [7, 11) is 0. The van der Waals surface area contributed by atoms with E-state index < -0.39 is 0 Å². The van der Waals surface area contributed by atoms with Gasteiger partial charge in [0.25, 0.3) is 5.56 Å². The Kier molecular flexibility index (Phi) is 5.86. The van der Waals surface area contributed by atoms with Gasteiger partial charge in [-0.3, -0.25) is 9.59 Å². The smallest absolute Gasteiger partial charge is 0.266 e. The summed E-state index contributed by atoms with van der Waals surface area (Å²) in [4.78, 5) is 34.8. The van der Waals surface area contributed by atoms with Gasteiger partial charge in [-0.2, -0.15) is 5.26 Å². The third-order valence-electron chi connectivity index (χ3n) is 5.63. The topological polar surface area (TPSA) is 114 Å². The molecule has 0 saturated carbocycles. The molecule has 7 heteroatoms. The summed E-state index contributed by atoms with van der Waals surface area (Å²) in [6.07, 6.45) is 0.732. The molecule has 7 nitrogen and oxygen atoms in total. The van der Waals surface area contributed by atoms with Gasteiger partial charge >= 0.3 is 0 Å². The van der Waals surface area contributed by atoms with Gasteiger partial charge in [0.2, 0.25) is 5.91 Å². The van der Waals surface area contributed by atoms with Gasteiger partial charge < -0.3 is 15.3 Å². The van der Waals surface area contributed by atoms with Crippen molar-refractivity contribution in [3.8, 4) is 17.5 Å². The van der Waals surface area contributed by atoms with E-state index in [1.165, 1.54) is 0 Å². The monoisotopic (exact) mass is 425 g/mol. The number of H-pyrrole nitrogens is 2. The number of para-hydroxylation sites is 2. The molecule has 160 valence electrons. The first kappa shape index (κ1) is 21.1. The van der Waals surface area contributed by atoms with Crippen molar-refractivity contribution >= 4 is 16.9 Å². The van der Waals surface area contributed by atoms with Gasteiger partial charge in [-0.05, 0) is 49.1 Å². The number of carbonyl (C=O) groups excluding carboxylic acids is 1. The van der Waals surface area contributed by atoms with E-state index in [0.717, 1.165) is 33.5 Å². The molecule has 0 bridgehead atoms. The van der Waals surface area contributed by atoms with Crippen LogP contribution < -0.4 is 10.9 Å². The van der Waals surface area contributed by atoms with Crippen molar-refractivity contribution in [2.45, 2.75) is 33.2 Å². The molecule has 2 aromatic carbocycles.